The predicted molar refractivity (Wildman–Crippen MR) is 53.9 cm³/mol. The molecule has 0 unspecified atom stereocenters. The molecule has 0 aromatic rings. The number of piperidine rings is 1. The molecule has 2 fully saturated rings. The Bertz CT molecular complexity index is 215. The molecule has 1 N–H and O–H groups in total. The van der Waals surface area contributed by atoms with Crippen LogP contribution < -0.4 is 5.32 Å². The Hall–Kier alpha value is -0.570. The average Bonchev–Trinajstić information content (AvgIpc) is 2.27. The SMILES string of the molecule is COC(=O)[C@@H]1CCN[C@H]2CCCC[C@H]21. The lowest BCUT2D eigenvalue weighted by molar-refractivity contribution is -0.149. The molecular formula is C11H19NO2. The van der Waals surface area contributed by atoms with Gasteiger partial charge in [-0.05, 0) is 31.7 Å². The first-order chi connectivity index (χ1) is 6.83. The van der Waals surface area contributed by atoms with Crippen LogP contribution >= 0.6 is 0 Å². The number of esters is 1. The normalized spacial score (nSPS) is 37.4. The van der Waals surface area contributed by atoms with Gasteiger partial charge in [-0.2, -0.15) is 0 Å². The monoisotopic (exact) mass is 197 g/mol. The molecule has 3 nitrogen and oxygen atoms in total. The lowest BCUT2D eigenvalue weighted by Crippen LogP contribution is -2.49. The lowest BCUT2D eigenvalue weighted by Gasteiger charge is -2.40. The highest BCUT2D eigenvalue weighted by Crippen LogP contribution is 2.35. The Balaban J connectivity index is 2.04. The second kappa shape index (κ2) is 4.30. The van der Waals surface area contributed by atoms with Gasteiger partial charge in [0.1, 0.15) is 0 Å². The van der Waals surface area contributed by atoms with E-state index in [-0.39, 0.29) is 11.9 Å². The number of carbonyl (C=O) groups excluding carboxylic acids is 1. The molecule has 1 saturated heterocycles. The first kappa shape index (κ1) is 9.97. The van der Waals surface area contributed by atoms with Crippen LogP contribution in [0.5, 0.6) is 0 Å². The number of hydrogen-bond acceptors (Lipinski definition) is 3. The third kappa shape index (κ3) is 1.78. The molecule has 2 aliphatic rings. The van der Waals surface area contributed by atoms with E-state index in [9.17, 15) is 4.79 Å². The van der Waals surface area contributed by atoms with E-state index in [0.717, 1.165) is 13.0 Å². The van der Waals surface area contributed by atoms with Crippen molar-refractivity contribution >= 4 is 5.97 Å². The summed E-state index contributed by atoms with van der Waals surface area (Å²) >= 11 is 0. The molecule has 2 rings (SSSR count). The Labute approximate surface area is 85.2 Å². The number of methoxy groups -OCH3 is 1. The summed E-state index contributed by atoms with van der Waals surface area (Å²) in [6.45, 7) is 0.973. The molecule has 0 aromatic heterocycles. The van der Waals surface area contributed by atoms with Crippen LogP contribution in [0.1, 0.15) is 32.1 Å². The van der Waals surface area contributed by atoms with Crippen LogP contribution in [0.4, 0.5) is 0 Å². The Kier molecular flexibility index (Phi) is 3.06. The lowest BCUT2D eigenvalue weighted by atomic mass is 9.73. The molecule has 3 heteroatoms. The second-order valence-corrected chi connectivity index (χ2v) is 4.43. The summed E-state index contributed by atoms with van der Waals surface area (Å²) in [5.41, 5.74) is 0. The van der Waals surface area contributed by atoms with Gasteiger partial charge >= 0.3 is 5.97 Å². The van der Waals surface area contributed by atoms with E-state index in [1.165, 1.54) is 32.8 Å². The van der Waals surface area contributed by atoms with Crippen LogP contribution in [0.15, 0.2) is 0 Å². The highest BCUT2D eigenvalue weighted by molar-refractivity contribution is 5.73. The summed E-state index contributed by atoms with van der Waals surface area (Å²) in [7, 11) is 1.50. The minimum atomic E-state index is 0.00315. The van der Waals surface area contributed by atoms with Gasteiger partial charge in [0.05, 0.1) is 13.0 Å². The van der Waals surface area contributed by atoms with Gasteiger partial charge in [-0.25, -0.2) is 0 Å². The Morgan fingerprint density at radius 1 is 1.29 bits per heavy atom. The number of fused-ring (bicyclic) bond motifs is 1. The van der Waals surface area contributed by atoms with Gasteiger partial charge in [0.25, 0.3) is 0 Å². The van der Waals surface area contributed by atoms with Crippen molar-refractivity contribution in [1.82, 2.24) is 5.32 Å². The largest absolute Gasteiger partial charge is 0.469 e. The summed E-state index contributed by atoms with van der Waals surface area (Å²) in [5.74, 6) is 0.694. The van der Waals surface area contributed by atoms with E-state index in [1.807, 2.05) is 0 Å². The van der Waals surface area contributed by atoms with E-state index in [2.05, 4.69) is 5.32 Å². The zero-order valence-electron chi connectivity index (χ0n) is 8.79. The van der Waals surface area contributed by atoms with Crippen LogP contribution in [-0.2, 0) is 9.53 Å². The standard InChI is InChI=1S/C11H19NO2/c1-14-11(13)9-6-7-12-10-5-3-2-4-8(9)10/h8-10,12H,2-7H2,1H3/t8-,9+,10-/m0/s1. The summed E-state index contributed by atoms with van der Waals surface area (Å²) in [6, 6.07) is 0.571. The van der Waals surface area contributed by atoms with E-state index in [4.69, 9.17) is 4.74 Å². The first-order valence-electron chi connectivity index (χ1n) is 5.64. The minimum Gasteiger partial charge on any atom is -0.469 e. The van der Waals surface area contributed by atoms with Crippen LogP contribution in [0, 0.1) is 11.8 Å². The molecule has 0 bridgehead atoms. The summed E-state index contributed by atoms with van der Waals surface area (Å²) in [5, 5.41) is 3.52. The number of ether oxygens (including phenoxy) is 1. The fourth-order valence-electron chi connectivity index (χ4n) is 2.98. The van der Waals surface area contributed by atoms with Crippen molar-refractivity contribution in [1.29, 1.82) is 0 Å². The maximum Gasteiger partial charge on any atom is 0.309 e. The van der Waals surface area contributed by atoms with Crippen molar-refractivity contribution in [3.63, 3.8) is 0 Å². The molecule has 1 heterocycles. The van der Waals surface area contributed by atoms with Crippen LogP contribution in [0.2, 0.25) is 0 Å². The van der Waals surface area contributed by atoms with E-state index in [1.54, 1.807) is 0 Å². The van der Waals surface area contributed by atoms with Gasteiger partial charge in [0.15, 0.2) is 0 Å². The summed E-state index contributed by atoms with van der Waals surface area (Å²) in [6.07, 6.45) is 5.96. The molecule has 14 heavy (non-hydrogen) atoms. The average molecular weight is 197 g/mol. The highest BCUT2D eigenvalue weighted by Gasteiger charge is 2.38. The van der Waals surface area contributed by atoms with Crippen molar-refractivity contribution < 1.29 is 9.53 Å². The van der Waals surface area contributed by atoms with Gasteiger partial charge in [0.2, 0.25) is 0 Å². The maximum atomic E-state index is 11.6. The van der Waals surface area contributed by atoms with Crippen LogP contribution in [-0.4, -0.2) is 25.7 Å². The van der Waals surface area contributed by atoms with E-state index < -0.39 is 0 Å². The van der Waals surface area contributed by atoms with Crippen LogP contribution in [0.3, 0.4) is 0 Å². The number of nitrogens with one attached hydrogen (secondary N) is 1. The topological polar surface area (TPSA) is 38.3 Å². The van der Waals surface area contributed by atoms with Gasteiger partial charge in [-0.15, -0.1) is 0 Å². The Morgan fingerprint density at radius 3 is 2.86 bits per heavy atom. The van der Waals surface area contributed by atoms with Gasteiger partial charge in [-0.1, -0.05) is 12.8 Å². The zero-order chi connectivity index (χ0) is 9.97. The van der Waals surface area contributed by atoms with E-state index >= 15 is 0 Å². The molecule has 3 atom stereocenters. The number of carbonyl (C=O) groups is 1. The van der Waals surface area contributed by atoms with E-state index in [0.29, 0.717) is 12.0 Å². The molecule has 0 spiro atoms. The number of hydrogen-bond donors (Lipinski definition) is 1. The second-order valence-electron chi connectivity index (χ2n) is 4.43. The fraction of sp³-hybridized carbons (Fsp3) is 0.909. The molecular weight excluding hydrogens is 178 g/mol. The van der Waals surface area contributed by atoms with Crippen molar-refractivity contribution in [3.8, 4) is 0 Å². The molecule has 0 amide bonds. The highest BCUT2D eigenvalue weighted by atomic mass is 16.5. The van der Waals surface area contributed by atoms with Gasteiger partial charge < -0.3 is 10.1 Å². The maximum absolute atomic E-state index is 11.6. The molecule has 1 aliphatic heterocycles. The predicted octanol–water partition coefficient (Wildman–Crippen LogP) is 1.33. The summed E-state index contributed by atoms with van der Waals surface area (Å²) in [4.78, 5) is 11.6. The van der Waals surface area contributed by atoms with Crippen molar-refractivity contribution in [2.24, 2.45) is 11.8 Å². The molecule has 80 valence electrons. The molecule has 1 aliphatic carbocycles. The molecule has 0 aromatic carbocycles. The third-order valence-corrected chi connectivity index (χ3v) is 3.70. The minimum absolute atomic E-state index is 0.00315. The summed E-state index contributed by atoms with van der Waals surface area (Å²) < 4.78 is 4.87. The van der Waals surface area contributed by atoms with Crippen molar-refractivity contribution in [2.45, 2.75) is 38.1 Å². The smallest absolute Gasteiger partial charge is 0.309 e. The zero-order valence-corrected chi connectivity index (χ0v) is 8.79. The number of rotatable bonds is 1. The van der Waals surface area contributed by atoms with Crippen molar-refractivity contribution in [2.75, 3.05) is 13.7 Å². The first-order valence-corrected chi connectivity index (χ1v) is 5.64. The van der Waals surface area contributed by atoms with Crippen LogP contribution in [0.25, 0.3) is 0 Å². The molecule has 0 radical (unpaired) electrons. The van der Waals surface area contributed by atoms with Crippen molar-refractivity contribution in [3.05, 3.63) is 0 Å². The van der Waals surface area contributed by atoms with Gasteiger partial charge in [0, 0.05) is 6.04 Å². The molecule has 1 saturated carbocycles. The third-order valence-electron chi connectivity index (χ3n) is 3.70. The fourth-order valence-corrected chi connectivity index (χ4v) is 2.98. The quantitative estimate of drug-likeness (QED) is 0.644. The Morgan fingerprint density at radius 2 is 2.07 bits per heavy atom. The van der Waals surface area contributed by atoms with Gasteiger partial charge in [-0.3, -0.25) is 4.79 Å².